The second-order valence-electron chi connectivity index (χ2n) is 6.60. The Bertz CT molecular complexity index is 1150. The van der Waals surface area contributed by atoms with Gasteiger partial charge in [-0.25, -0.2) is 9.78 Å². The van der Waals surface area contributed by atoms with Crippen LogP contribution in [0.5, 0.6) is 0 Å². The van der Waals surface area contributed by atoms with E-state index >= 15 is 0 Å². The minimum absolute atomic E-state index is 0.0602. The summed E-state index contributed by atoms with van der Waals surface area (Å²) in [4.78, 5) is 41.7. The Labute approximate surface area is 159 Å². The number of hydrogen-bond acceptors (Lipinski definition) is 6. The summed E-state index contributed by atoms with van der Waals surface area (Å²) in [5.74, 6) is -2.01. The van der Waals surface area contributed by atoms with Gasteiger partial charge in [0.25, 0.3) is 11.7 Å². The molecule has 2 heterocycles. The van der Waals surface area contributed by atoms with Gasteiger partial charge in [-0.1, -0.05) is 6.07 Å². The quantitative estimate of drug-likeness (QED) is 0.600. The van der Waals surface area contributed by atoms with Crippen molar-refractivity contribution in [1.29, 1.82) is 0 Å². The predicted molar refractivity (Wildman–Crippen MR) is 106 cm³/mol. The summed E-state index contributed by atoms with van der Waals surface area (Å²) in [6, 6.07) is 11.9. The topological polar surface area (TPSA) is 112 Å². The van der Waals surface area contributed by atoms with Crippen LogP contribution in [0.1, 0.15) is 20.7 Å². The standard InChI is InChI=1S/C20H16N4O4/c1-24(2)12-6-4-11(5-7-12)21-17-14-9-10(20(27)28)3-8-13(14)15-16(25)19(26)23-18(15)22-17/h3-9H,1-2H3,(H,27,28)(H2,21,22,23,25,26). The van der Waals surface area contributed by atoms with Gasteiger partial charge in [0, 0.05) is 36.2 Å². The number of hydrogen-bond donors (Lipinski definition) is 3. The molecular formula is C20H16N4O4. The SMILES string of the molecule is CN(C)c1ccc(Nc2nc3c(c4ccc(C(=O)O)cc24)C(=O)C(=O)N3)cc1. The van der Waals surface area contributed by atoms with Crippen molar-refractivity contribution in [3.05, 3.63) is 53.6 Å². The van der Waals surface area contributed by atoms with Gasteiger partial charge >= 0.3 is 5.97 Å². The van der Waals surface area contributed by atoms with Gasteiger partial charge in [0.05, 0.1) is 11.1 Å². The summed E-state index contributed by atoms with van der Waals surface area (Å²) < 4.78 is 0. The number of rotatable bonds is 4. The van der Waals surface area contributed by atoms with Crippen molar-refractivity contribution in [1.82, 2.24) is 4.98 Å². The number of aromatic carboxylic acids is 1. The smallest absolute Gasteiger partial charge is 0.335 e. The molecule has 8 nitrogen and oxygen atoms in total. The molecule has 3 N–H and O–H groups in total. The number of nitrogens with one attached hydrogen (secondary N) is 2. The van der Waals surface area contributed by atoms with E-state index in [9.17, 15) is 19.5 Å². The van der Waals surface area contributed by atoms with Crippen LogP contribution >= 0.6 is 0 Å². The van der Waals surface area contributed by atoms with Gasteiger partial charge in [-0.05, 0) is 36.4 Å². The number of benzene rings is 2. The normalized spacial score (nSPS) is 12.6. The van der Waals surface area contributed by atoms with E-state index in [-0.39, 0.29) is 16.9 Å². The maximum absolute atomic E-state index is 12.2. The van der Waals surface area contributed by atoms with Crippen LogP contribution in [-0.2, 0) is 4.79 Å². The number of carbonyl (C=O) groups excluding carboxylic acids is 2. The molecule has 1 aromatic heterocycles. The summed E-state index contributed by atoms with van der Waals surface area (Å²) in [5, 5.41) is 15.8. The lowest BCUT2D eigenvalue weighted by atomic mass is 10.0. The average molecular weight is 376 g/mol. The van der Waals surface area contributed by atoms with Crippen molar-refractivity contribution in [2.45, 2.75) is 0 Å². The Balaban J connectivity index is 1.87. The molecule has 0 bridgehead atoms. The Morgan fingerprint density at radius 2 is 1.79 bits per heavy atom. The number of carboxylic acids is 1. The molecule has 2 aromatic carbocycles. The molecule has 140 valence electrons. The second kappa shape index (κ2) is 6.34. The molecule has 0 saturated heterocycles. The van der Waals surface area contributed by atoms with Gasteiger partial charge in [-0.3, -0.25) is 9.59 Å². The van der Waals surface area contributed by atoms with E-state index in [1.165, 1.54) is 18.2 Å². The van der Waals surface area contributed by atoms with Crippen LogP contribution in [0, 0.1) is 0 Å². The zero-order chi connectivity index (χ0) is 20.0. The van der Waals surface area contributed by atoms with E-state index < -0.39 is 17.7 Å². The van der Waals surface area contributed by atoms with Gasteiger partial charge in [0.15, 0.2) is 0 Å². The van der Waals surface area contributed by atoms with E-state index in [2.05, 4.69) is 15.6 Å². The first-order chi connectivity index (χ1) is 13.3. The summed E-state index contributed by atoms with van der Waals surface area (Å²) in [6.45, 7) is 0. The van der Waals surface area contributed by atoms with Crippen molar-refractivity contribution in [2.75, 3.05) is 29.6 Å². The zero-order valence-corrected chi connectivity index (χ0v) is 15.1. The maximum Gasteiger partial charge on any atom is 0.335 e. The van der Waals surface area contributed by atoms with Crippen LogP contribution in [0.25, 0.3) is 10.8 Å². The number of anilines is 4. The minimum Gasteiger partial charge on any atom is -0.478 e. The van der Waals surface area contributed by atoms with Gasteiger partial charge in [0.2, 0.25) is 0 Å². The monoisotopic (exact) mass is 376 g/mol. The predicted octanol–water partition coefficient (Wildman–Crippen LogP) is 2.88. The number of fused-ring (bicyclic) bond motifs is 3. The van der Waals surface area contributed by atoms with Crippen molar-refractivity contribution < 1.29 is 19.5 Å². The number of Topliss-reactive ketones (excluding diaryl/α,β-unsaturated/α-hetero) is 1. The Hall–Kier alpha value is -3.94. The molecular weight excluding hydrogens is 360 g/mol. The maximum atomic E-state index is 12.2. The highest BCUT2D eigenvalue weighted by molar-refractivity contribution is 6.53. The fourth-order valence-electron chi connectivity index (χ4n) is 3.12. The Morgan fingerprint density at radius 1 is 1.07 bits per heavy atom. The third kappa shape index (κ3) is 2.81. The number of ketones is 1. The number of aromatic nitrogens is 1. The summed E-state index contributed by atoms with van der Waals surface area (Å²) in [7, 11) is 3.87. The van der Waals surface area contributed by atoms with E-state index in [0.29, 0.717) is 16.6 Å². The molecule has 0 fully saturated rings. The average Bonchev–Trinajstić information content (AvgIpc) is 2.95. The molecule has 3 aromatic rings. The first-order valence-electron chi connectivity index (χ1n) is 8.46. The zero-order valence-electron chi connectivity index (χ0n) is 15.1. The molecule has 0 saturated carbocycles. The number of carbonyl (C=O) groups is 3. The molecule has 0 radical (unpaired) electrons. The van der Waals surface area contributed by atoms with Crippen LogP contribution < -0.4 is 15.5 Å². The summed E-state index contributed by atoms with van der Waals surface area (Å²) in [6.07, 6.45) is 0. The second-order valence-corrected chi connectivity index (χ2v) is 6.60. The van der Waals surface area contributed by atoms with Crippen LogP contribution in [0.4, 0.5) is 23.0 Å². The Kier molecular flexibility index (Phi) is 3.96. The highest BCUT2D eigenvalue weighted by atomic mass is 16.4. The number of nitrogens with zero attached hydrogens (tertiary/aromatic N) is 2. The third-order valence-corrected chi connectivity index (χ3v) is 4.56. The van der Waals surface area contributed by atoms with Crippen LogP contribution in [0.2, 0.25) is 0 Å². The fourth-order valence-corrected chi connectivity index (χ4v) is 3.12. The van der Waals surface area contributed by atoms with Gasteiger partial charge in [-0.15, -0.1) is 0 Å². The lowest BCUT2D eigenvalue weighted by Crippen LogP contribution is -2.12. The molecule has 4 rings (SSSR count). The van der Waals surface area contributed by atoms with Crippen LogP contribution in [0.3, 0.4) is 0 Å². The largest absolute Gasteiger partial charge is 0.478 e. The lowest BCUT2D eigenvalue weighted by molar-refractivity contribution is -0.112. The van der Waals surface area contributed by atoms with Gasteiger partial charge in [-0.2, -0.15) is 0 Å². The molecule has 0 atom stereocenters. The highest BCUT2D eigenvalue weighted by Crippen LogP contribution is 2.35. The van der Waals surface area contributed by atoms with Crippen LogP contribution in [0.15, 0.2) is 42.5 Å². The molecule has 1 amide bonds. The molecule has 1 aliphatic heterocycles. The van der Waals surface area contributed by atoms with Crippen molar-refractivity contribution >= 4 is 51.4 Å². The molecule has 28 heavy (non-hydrogen) atoms. The van der Waals surface area contributed by atoms with E-state index in [4.69, 9.17) is 0 Å². The van der Waals surface area contributed by atoms with Crippen molar-refractivity contribution in [3.63, 3.8) is 0 Å². The number of amides is 1. The van der Waals surface area contributed by atoms with Gasteiger partial charge < -0.3 is 20.6 Å². The summed E-state index contributed by atoms with van der Waals surface area (Å²) >= 11 is 0. The Morgan fingerprint density at radius 3 is 2.43 bits per heavy atom. The van der Waals surface area contributed by atoms with Gasteiger partial charge in [0.1, 0.15) is 11.6 Å². The van der Waals surface area contributed by atoms with Crippen LogP contribution in [-0.4, -0.2) is 41.8 Å². The van der Waals surface area contributed by atoms with Crippen molar-refractivity contribution in [2.24, 2.45) is 0 Å². The fraction of sp³-hybridized carbons (Fsp3) is 0.100. The third-order valence-electron chi connectivity index (χ3n) is 4.56. The molecule has 0 aliphatic carbocycles. The number of pyridine rings is 1. The minimum atomic E-state index is -1.09. The first-order valence-corrected chi connectivity index (χ1v) is 8.46. The lowest BCUT2D eigenvalue weighted by Gasteiger charge is -2.15. The molecule has 8 heteroatoms. The van der Waals surface area contributed by atoms with E-state index in [1.807, 2.05) is 43.3 Å². The van der Waals surface area contributed by atoms with E-state index in [1.54, 1.807) is 0 Å². The number of carboxylic acid groups (broad SMARTS) is 1. The molecule has 0 spiro atoms. The molecule has 0 unspecified atom stereocenters. The highest BCUT2D eigenvalue weighted by Gasteiger charge is 2.32. The van der Waals surface area contributed by atoms with Crippen molar-refractivity contribution in [3.8, 4) is 0 Å². The summed E-state index contributed by atoms with van der Waals surface area (Å²) in [5.41, 5.74) is 1.97. The molecule has 1 aliphatic rings. The van der Waals surface area contributed by atoms with E-state index in [0.717, 1.165) is 11.4 Å². The first kappa shape index (κ1) is 17.5.